The first-order chi connectivity index (χ1) is 8.20. The molecule has 1 atom stereocenters. The maximum absolute atomic E-state index is 5.61. The van der Waals surface area contributed by atoms with Crippen LogP contribution in [-0.2, 0) is 0 Å². The first kappa shape index (κ1) is 11.6. The van der Waals surface area contributed by atoms with Gasteiger partial charge in [0.1, 0.15) is 6.33 Å². The molecule has 3 N–H and O–H groups in total. The molecule has 0 aliphatic carbocycles. The molecule has 0 aliphatic rings. The van der Waals surface area contributed by atoms with Gasteiger partial charge in [0.25, 0.3) is 0 Å². The van der Waals surface area contributed by atoms with Crippen molar-refractivity contribution in [3.63, 3.8) is 0 Å². The minimum atomic E-state index is -0.114. The van der Waals surface area contributed by atoms with Gasteiger partial charge in [0.15, 0.2) is 0 Å². The van der Waals surface area contributed by atoms with Crippen molar-refractivity contribution < 1.29 is 0 Å². The third-order valence-corrected chi connectivity index (χ3v) is 2.52. The van der Waals surface area contributed by atoms with Crippen LogP contribution in [0.4, 0.5) is 0 Å². The van der Waals surface area contributed by atoms with Gasteiger partial charge in [-0.1, -0.05) is 0 Å². The number of hydrazine groups is 1. The minimum absolute atomic E-state index is 0.114. The molecular weight excluding hydrogens is 214 g/mol. The molecule has 88 valence electrons. The van der Waals surface area contributed by atoms with E-state index in [1.165, 1.54) is 6.33 Å². The molecular formula is C12H15N5. The molecule has 0 bridgehead atoms. The molecule has 2 aromatic rings. The average molecular weight is 229 g/mol. The zero-order valence-corrected chi connectivity index (χ0v) is 9.88. The summed E-state index contributed by atoms with van der Waals surface area (Å²) in [6.07, 6.45) is 5.01. The highest BCUT2D eigenvalue weighted by molar-refractivity contribution is 5.30. The van der Waals surface area contributed by atoms with E-state index in [0.29, 0.717) is 0 Å². The highest BCUT2D eigenvalue weighted by Gasteiger charge is 2.13. The van der Waals surface area contributed by atoms with E-state index in [2.05, 4.69) is 20.4 Å². The Kier molecular flexibility index (Phi) is 3.41. The lowest BCUT2D eigenvalue weighted by Gasteiger charge is -2.16. The molecule has 0 spiro atoms. The van der Waals surface area contributed by atoms with E-state index >= 15 is 0 Å². The summed E-state index contributed by atoms with van der Waals surface area (Å²) >= 11 is 0. The second kappa shape index (κ2) is 4.99. The Labute approximate surface area is 100 Å². The monoisotopic (exact) mass is 229 g/mol. The predicted molar refractivity (Wildman–Crippen MR) is 64.9 cm³/mol. The fourth-order valence-corrected chi connectivity index (χ4v) is 1.88. The Balaban J connectivity index is 2.42. The van der Waals surface area contributed by atoms with E-state index in [0.717, 1.165) is 22.5 Å². The van der Waals surface area contributed by atoms with Gasteiger partial charge in [0.05, 0.1) is 6.04 Å². The number of hydrogen-bond acceptors (Lipinski definition) is 5. The SMILES string of the molecule is Cc1cc(C(NN)c2cncnc2)cc(C)n1. The molecule has 17 heavy (non-hydrogen) atoms. The summed E-state index contributed by atoms with van der Waals surface area (Å²) in [6.45, 7) is 3.93. The lowest BCUT2D eigenvalue weighted by molar-refractivity contribution is 0.629. The van der Waals surface area contributed by atoms with Gasteiger partial charge in [-0.2, -0.15) is 0 Å². The Morgan fingerprint density at radius 2 is 1.65 bits per heavy atom. The lowest BCUT2D eigenvalue weighted by Crippen LogP contribution is -2.29. The zero-order valence-electron chi connectivity index (χ0n) is 9.88. The second-order valence-corrected chi connectivity index (χ2v) is 3.95. The van der Waals surface area contributed by atoms with Gasteiger partial charge in [-0.15, -0.1) is 0 Å². The van der Waals surface area contributed by atoms with Crippen LogP contribution in [0.2, 0.25) is 0 Å². The van der Waals surface area contributed by atoms with Crippen LogP contribution in [0.5, 0.6) is 0 Å². The van der Waals surface area contributed by atoms with Crippen LogP contribution in [-0.4, -0.2) is 15.0 Å². The third-order valence-electron chi connectivity index (χ3n) is 2.52. The average Bonchev–Trinajstić information content (AvgIpc) is 2.30. The number of rotatable bonds is 3. The molecule has 0 saturated heterocycles. The number of hydrogen-bond donors (Lipinski definition) is 2. The largest absolute Gasteiger partial charge is 0.271 e. The van der Waals surface area contributed by atoms with Crippen molar-refractivity contribution in [3.8, 4) is 0 Å². The van der Waals surface area contributed by atoms with E-state index in [1.807, 2.05) is 26.0 Å². The minimum Gasteiger partial charge on any atom is -0.271 e. The van der Waals surface area contributed by atoms with E-state index in [4.69, 9.17) is 5.84 Å². The van der Waals surface area contributed by atoms with Crippen LogP contribution >= 0.6 is 0 Å². The van der Waals surface area contributed by atoms with Crippen molar-refractivity contribution in [3.05, 3.63) is 53.4 Å². The molecule has 1 unspecified atom stereocenters. The molecule has 2 heterocycles. The Morgan fingerprint density at radius 1 is 1.06 bits per heavy atom. The zero-order chi connectivity index (χ0) is 12.3. The van der Waals surface area contributed by atoms with Gasteiger partial charge in [-0.25, -0.2) is 15.4 Å². The van der Waals surface area contributed by atoms with E-state index in [9.17, 15) is 0 Å². The Morgan fingerprint density at radius 3 is 2.18 bits per heavy atom. The van der Waals surface area contributed by atoms with Crippen LogP contribution in [0.3, 0.4) is 0 Å². The molecule has 0 fully saturated rings. The van der Waals surface area contributed by atoms with Gasteiger partial charge >= 0.3 is 0 Å². The molecule has 5 nitrogen and oxygen atoms in total. The number of nitrogens with one attached hydrogen (secondary N) is 1. The van der Waals surface area contributed by atoms with Crippen molar-refractivity contribution in [2.45, 2.75) is 19.9 Å². The standard InChI is InChI=1S/C12H15N5/c1-8-3-10(4-9(2)16-8)12(17-13)11-5-14-7-15-6-11/h3-7,12,17H,13H2,1-2H3. The highest BCUT2D eigenvalue weighted by atomic mass is 15.2. The Bertz CT molecular complexity index is 477. The van der Waals surface area contributed by atoms with E-state index in [-0.39, 0.29) is 6.04 Å². The van der Waals surface area contributed by atoms with E-state index < -0.39 is 0 Å². The molecule has 0 aliphatic heterocycles. The lowest BCUT2D eigenvalue weighted by atomic mass is 10.0. The molecule has 5 heteroatoms. The molecule has 2 rings (SSSR count). The molecule has 0 radical (unpaired) electrons. The number of aromatic nitrogens is 3. The van der Waals surface area contributed by atoms with Gasteiger partial charge in [-0.05, 0) is 31.5 Å². The van der Waals surface area contributed by atoms with Crippen molar-refractivity contribution in [1.29, 1.82) is 0 Å². The Hall–Kier alpha value is -1.85. The van der Waals surface area contributed by atoms with Gasteiger partial charge in [0.2, 0.25) is 0 Å². The summed E-state index contributed by atoms with van der Waals surface area (Å²) in [5.74, 6) is 5.61. The second-order valence-electron chi connectivity index (χ2n) is 3.95. The van der Waals surface area contributed by atoms with Crippen molar-refractivity contribution in [1.82, 2.24) is 20.4 Å². The fraction of sp³-hybridized carbons (Fsp3) is 0.250. The maximum Gasteiger partial charge on any atom is 0.115 e. The van der Waals surface area contributed by atoms with Crippen LogP contribution < -0.4 is 11.3 Å². The first-order valence-corrected chi connectivity index (χ1v) is 5.37. The summed E-state index contributed by atoms with van der Waals surface area (Å²) < 4.78 is 0. The maximum atomic E-state index is 5.61. The predicted octanol–water partition coefficient (Wildman–Crippen LogP) is 1.04. The van der Waals surface area contributed by atoms with Crippen molar-refractivity contribution in [2.24, 2.45) is 5.84 Å². The number of nitrogens with zero attached hydrogens (tertiary/aromatic N) is 3. The highest BCUT2D eigenvalue weighted by Crippen LogP contribution is 2.20. The van der Waals surface area contributed by atoms with Crippen LogP contribution in [0, 0.1) is 13.8 Å². The van der Waals surface area contributed by atoms with Crippen molar-refractivity contribution >= 4 is 0 Å². The molecule has 0 aromatic carbocycles. The van der Waals surface area contributed by atoms with Crippen LogP contribution in [0.1, 0.15) is 28.6 Å². The molecule has 0 amide bonds. The summed E-state index contributed by atoms with van der Waals surface area (Å²) in [5.41, 5.74) is 6.71. The summed E-state index contributed by atoms with van der Waals surface area (Å²) in [6, 6.07) is 3.89. The molecule has 2 aromatic heterocycles. The molecule has 0 saturated carbocycles. The number of aryl methyl sites for hydroxylation is 2. The smallest absolute Gasteiger partial charge is 0.115 e. The van der Waals surface area contributed by atoms with E-state index in [1.54, 1.807) is 12.4 Å². The fourth-order valence-electron chi connectivity index (χ4n) is 1.88. The summed E-state index contributed by atoms with van der Waals surface area (Å²) in [4.78, 5) is 12.3. The number of pyridine rings is 1. The summed E-state index contributed by atoms with van der Waals surface area (Å²) in [7, 11) is 0. The third kappa shape index (κ3) is 2.64. The van der Waals surface area contributed by atoms with Crippen LogP contribution in [0.15, 0.2) is 30.9 Å². The first-order valence-electron chi connectivity index (χ1n) is 5.37. The van der Waals surface area contributed by atoms with Gasteiger partial charge < -0.3 is 0 Å². The number of nitrogens with two attached hydrogens (primary N) is 1. The van der Waals surface area contributed by atoms with Crippen LogP contribution in [0.25, 0.3) is 0 Å². The van der Waals surface area contributed by atoms with Gasteiger partial charge in [-0.3, -0.25) is 10.8 Å². The van der Waals surface area contributed by atoms with Crippen molar-refractivity contribution in [2.75, 3.05) is 0 Å². The topological polar surface area (TPSA) is 76.7 Å². The quantitative estimate of drug-likeness (QED) is 0.607. The normalized spacial score (nSPS) is 12.4. The van der Waals surface area contributed by atoms with Gasteiger partial charge in [0, 0.05) is 29.3 Å². The summed E-state index contributed by atoms with van der Waals surface area (Å²) in [5, 5.41) is 0.